The van der Waals surface area contributed by atoms with Gasteiger partial charge in [-0.3, -0.25) is 0 Å². The fourth-order valence-corrected chi connectivity index (χ4v) is 2.13. The van der Waals surface area contributed by atoms with Crippen LogP contribution in [0.1, 0.15) is 25.8 Å². The van der Waals surface area contributed by atoms with Gasteiger partial charge in [-0.25, -0.2) is 0 Å². The molecule has 0 amide bonds. The van der Waals surface area contributed by atoms with Gasteiger partial charge in [0.1, 0.15) is 5.58 Å². The largest absolute Gasteiger partial charge is 0.464 e. The molecule has 2 aromatic rings. The lowest BCUT2D eigenvalue weighted by Crippen LogP contribution is -2.41. The summed E-state index contributed by atoms with van der Waals surface area (Å²) >= 11 is 0. The Hall–Kier alpha value is -1.32. The van der Waals surface area contributed by atoms with Crippen molar-refractivity contribution in [3.05, 3.63) is 36.1 Å². The first-order chi connectivity index (χ1) is 8.62. The normalized spacial score (nSPS) is 12.2. The van der Waals surface area contributed by atoms with E-state index >= 15 is 0 Å². The fraction of sp³-hybridized carbons (Fsp3) is 0.467. The molecule has 0 unspecified atom stereocenters. The summed E-state index contributed by atoms with van der Waals surface area (Å²) in [5.74, 6) is 0. The number of fused-ring (bicyclic) bond motifs is 1. The topological polar surface area (TPSA) is 45.4 Å². The Morgan fingerprint density at radius 2 is 2.06 bits per heavy atom. The van der Waals surface area contributed by atoms with E-state index < -0.39 is 0 Å². The summed E-state index contributed by atoms with van der Waals surface area (Å²) in [6.45, 7) is 5.32. The summed E-state index contributed by atoms with van der Waals surface area (Å²) in [6.07, 6.45) is 3.54. The van der Waals surface area contributed by atoms with Crippen molar-refractivity contribution in [2.75, 3.05) is 13.2 Å². The molecule has 2 rings (SSSR count). The minimum Gasteiger partial charge on any atom is -0.464 e. The molecule has 1 aromatic carbocycles. The van der Waals surface area contributed by atoms with Crippen LogP contribution in [-0.2, 0) is 6.42 Å². The van der Waals surface area contributed by atoms with E-state index in [9.17, 15) is 0 Å². The van der Waals surface area contributed by atoms with Crippen LogP contribution in [0.2, 0.25) is 0 Å². The monoisotopic (exact) mass is 247 g/mol. The lowest BCUT2D eigenvalue weighted by Gasteiger charge is -2.25. The molecular formula is C15H21NO2. The van der Waals surface area contributed by atoms with Gasteiger partial charge < -0.3 is 14.8 Å². The Morgan fingerprint density at radius 1 is 1.28 bits per heavy atom. The Labute approximate surface area is 108 Å². The first-order valence-corrected chi connectivity index (χ1v) is 6.43. The zero-order valence-electron chi connectivity index (χ0n) is 11.1. The molecule has 2 N–H and O–H groups in total. The maximum absolute atomic E-state index is 8.97. The smallest absolute Gasteiger partial charge is 0.134 e. The number of hydrogen-bond donors (Lipinski definition) is 2. The van der Waals surface area contributed by atoms with Crippen molar-refractivity contribution in [2.45, 2.75) is 32.2 Å². The van der Waals surface area contributed by atoms with Crippen molar-refractivity contribution in [3.63, 3.8) is 0 Å². The highest BCUT2D eigenvalue weighted by Crippen LogP contribution is 2.21. The molecule has 3 heteroatoms. The Morgan fingerprint density at radius 3 is 2.83 bits per heavy atom. The number of aliphatic hydroxyl groups is 1. The Kier molecular flexibility index (Phi) is 4.04. The van der Waals surface area contributed by atoms with E-state index in [0.717, 1.165) is 25.0 Å². The number of nitrogens with one attached hydrogen (secondary N) is 1. The first-order valence-electron chi connectivity index (χ1n) is 6.43. The van der Waals surface area contributed by atoms with Crippen LogP contribution in [0.5, 0.6) is 0 Å². The summed E-state index contributed by atoms with van der Waals surface area (Å²) < 4.78 is 5.51. The van der Waals surface area contributed by atoms with Gasteiger partial charge in [0, 0.05) is 17.5 Å². The third-order valence-electron chi connectivity index (χ3n) is 3.30. The summed E-state index contributed by atoms with van der Waals surface area (Å²) in [5.41, 5.74) is 2.16. The Balaban J connectivity index is 1.94. The van der Waals surface area contributed by atoms with Crippen molar-refractivity contribution in [3.8, 4) is 0 Å². The summed E-state index contributed by atoms with van der Waals surface area (Å²) in [4.78, 5) is 0. The van der Waals surface area contributed by atoms with Crippen LogP contribution in [0.3, 0.4) is 0 Å². The second-order valence-corrected chi connectivity index (χ2v) is 5.29. The molecule has 0 saturated carbocycles. The highest BCUT2D eigenvalue weighted by atomic mass is 16.3. The molecule has 0 aliphatic rings. The molecular weight excluding hydrogens is 226 g/mol. The number of furan rings is 1. The number of rotatable bonds is 6. The van der Waals surface area contributed by atoms with Crippen LogP contribution in [0.4, 0.5) is 0 Å². The molecule has 3 nitrogen and oxygen atoms in total. The highest BCUT2D eigenvalue weighted by molar-refractivity contribution is 5.80. The maximum Gasteiger partial charge on any atom is 0.134 e. The van der Waals surface area contributed by atoms with Crippen molar-refractivity contribution >= 4 is 11.0 Å². The van der Waals surface area contributed by atoms with Crippen LogP contribution >= 0.6 is 0 Å². The van der Waals surface area contributed by atoms with Gasteiger partial charge in [-0.05, 0) is 44.9 Å². The molecule has 0 saturated heterocycles. The van der Waals surface area contributed by atoms with Crippen LogP contribution < -0.4 is 5.32 Å². The van der Waals surface area contributed by atoms with E-state index in [0.29, 0.717) is 0 Å². The van der Waals surface area contributed by atoms with Gasteiger partial charge in [0.25, 0.3) is 0 Å². The molecule has 0 atom stereocenters. The number of benzene rings is 1. The van der Waals surface area contributed by atoms with Gasteiger partial charge in [0.2, 0.25) is 0 Å². The van der Waals surface area contributed by atoms with E-state index in [2.05, 4.69) is 25.2 Å². The standard InChI is InChI=1S/C15H21NO2/c1-15(2,8-10-17)16-9-7-12-11-18-14-6-4-3-5-13(12)14/h3-6,11,16-17H,7-10H2,1-2H3. The van der Waals surface area contributed by atoms with E-state index in [-0.39, 0.29) is 12.1 Å². The quantitative estimate of drug-likeness (QED) is 0.825. The number of hydrogen-bond acceptors (Lipinski definition) is 3. The van der Waals surface area contributed by atoms with Crippen molar-refractivity contribution in [1.82, 2.24) is 5.32 Å². The maximum atomic E-state index is 8.97. The Bertz CT molecular complexity index is 502. The van der Waals surface area contributed by atoms with Crippen LogP contribution in [0, 0.1) is 0 Å². The highest BCUT2D eigenvalue weighted by Gasteiger charge is 2.15. The van der Waals surface area contributed by atoms with Gasteiger partial charge in [-0.2, -0.15) is 0 Å². The average molecular weight is 247 g/mol. The molecule has 1 aromatic heterocycles. The van der Waals surface area contributed by atoms with Crippen molar-refractivity contribution < 1.29 is 9.52 Å². The van der Waals surface area contributed by atoms with E-state index in [4.69, 9.17) is 9.52 Å². The predicted octanol–water partition coefficient (Wildman–Crippen LogP) is 2.73. The zero-order valence-corrected chi connectivity index (χ0v) is 11.1. The molecule has 18 heavy (non-hydrogen) atoms. The second-order valence-electron chi connectivity index (χ2n) is 5.29. The molecule has 0 bridgehead atoms. The van der Waals surface area contributed by atoms with Crippen molar-refractivity contribution in [2.24, 2.45) is 0 Å². The van der Waals surface area contributed by atoms with Gasteiger partial charge in [0.05, 0.1) is 6.26 Å². The summed E-state index contributed by atoms with van der Waals surface area (Å²) in [6, 6.07) is 8.09. The van der Waals surface area contributed by atoms with E-state index in [1.54, 1.807) is 0 Å². The third-order valence-corrected chi connectivity index (χ3v) is 3.30. The van der Waals surface area contributed by atoms with Gasteiger partial charge in [-0.1, -0.05) is 18.2 Å². The van der Waals surface area contributed by atoms with Crippen LogP contribution in [0.15, 0.2) is 34.9 Å². The molecule has 1 heterocycles. The fourth-order valence-electron chi connectivity index (χ4n) is 2.13. The predicted molar refractivity (Wildman–Crippen MR) is 73.7 cm³/mol. The first kappa shape index (κ1) is 13.1. The molecule has 0 aliphatic carbocycles. The SMILES string of the molecule is CC(C)(CCO)NCCc1coc2ccccc12. The summed E-state index contributed by atoms with van der Waals surface area (Å²) in [5, 5.41) is 13.6. The lowest BCUT2D eigenvalue weighted by atomic mass is 10.0. The number of para-hydroxylation sites is 1. The van der Waals surface area contributed by atoms with E-state index in [1.807, 2.05) is 24.5 Å². The van der Waals surface area contributed by atoms with Gasteiger partial charge in [-0.15, -0.1) is 0 Å². The van der Waals surface area contributed by atoms with Crippen LogP contribution in [0.25, 0.3) is 11.0 Å². The van der Waals surface area contributed by atoms with Gasteiger partial charge in [0.15, 0.2) is 0 Å². The molecule has 0 aliphatic heterocycles. The minimum absolute atomic E-state index is 0.0196. The second kappa shape index (κ2) is 5.55. The molecule has 0 fully saturated rings. The summed E-state index contributed by atoms with van der Waals surface area (Å²) in [7, 11) is 0. The lowest BCUT2D eigenvalue weighted by molar-refractivity contribution is 0.231. The van der Waals surface area contributed by atoms with Crippen molar-refractivity contribution in [1.29, 1.82) is 0 Å². The minimum atomic E-state index is -0.0196. The molecule has 0 spiro atoms. The average Bonchev–Trinajstić information content (AvgIpc) is 2.73. The molecule has 0 radical (unpaired) electrons. The number of aliphatic hydroxyl groups excluding tert-OH is 1. The van der Waals surface area contributed by atoms with E-state index in [1.165, 1.54) is 10.9 Å². The molecule has 98 valence electrons. The zero-order chi connectivity index (χ0) is 13.0. The third kappa shape index (κ3) is 3.12. The van der Waals surface area contributed by atoms with Gasteiger partial charge >= 0.3 is 0 Å². The van der Waals surface area contributed by atoms with Crippen LogP contribution in [-0.4, -0.2) is 23.8 Å².